The summed E-state index contributed by atoms with van der Waals surface area (Å²) in [5.74, 6) is 0. The fourth-order valence-electron chi connectivity index (χ4n) is 1.81. The zero-order valence-corrected chi connectivity index (χ0v) is 10.4. The number of nitrogens with zero attached hydrogens (tertiary/aromatic N) is 2. The van der Waals surface area contributed by atoms with Crippen molar-refractivity contribution in [3.8, 4) is 17.2 Å². The van der Waals surface area contributed by atoms with Gasteiger partial charge < -0.3 is 0 Å². The number of benzene rings is 1. The van der Waals surface area contributed by atoms with Crippen molar-refractivity contribution in [3.05, 3.63) is 52.3 Å². The molecular formula is C14H11ClN2. The lowest BCUT2D eigenvalue weighted by molar-refractivity contribution is 1.29. The lowest BCUT2D eigenvalue weighted by Gasteiger charge is -2.07. The van der Waals surface area contributed by atoms with E-state index < -0.39 is 0 Å². The van der Waals surface area contributed by atoms with Gasteiger partial charge in [-0.1, -0.05) is 35.4 Å². The highest BCUT2D eigenvalue weighted by molar-refractivity contribution is 6.30. The summed E-state index contributed by atoms with van der Waals surface area (Å²) in [4.78, 5) is 4.03. The Bertz CT molecular complexity index is 612. The standard InChI is InChI=1S/C14H11ClN2/c1-9-3-4-13(10(2)5-9)12-6-11(7-16)14(15)17-8-12/h3-6,8H,1-2H3. The monoisotopic (exact) mass is 242 g/mol. The van der Waals surface area contributed by atoms with Crippen LogP contribution in [0.25, 0.3) is 11.1 Å². The molecule has 0 amide bonds. The molecule has 84 valence electrons. The van der Waals surface area contributed by atoms with Crippen LogP contribution < -0.4 is 0 Å². The van der Waals surface area contributed by atoms with Gasteiger partial charge in [0.2, 0.25) is 0 Å². The van der Waals surface area contributed by atoms with Crippen LogP contribution in [0.3, 0.4) is 0 Å². The maximum atomic E-state index is 8.93. The molecule has 0 unspecified atom stereocenters. The summed E-state index contributed by atoms with van der Waals surface area (Å²) in [6.45, 7) is 4.10. The molecule has 0 radical (unpaired) electrons. The van der Waals surface area contributed by atoms with Gasteiger partial charge in [-0.25, -0.2) is 4.98 Å². The second-order valence-electron chi connectivity index (χ2n) is 3.99. The average molecular weight is 243 g/mol. The van der Waals surface area contributed by atoms with Crippen LogP contribution in [0, 0.1) is 25.2 Å². The smallest absolute Gasteiger partial charge is 0.146 e. The molecule has 2 rings (SSSR count). The van der Waals surface area contributed by atoms with Gasteiger partial charge in [0, 0.05) is 11.8 Å². The van der Waals surface area contributed by atoms with Crippen molar-refractivity contribution in [2.75, 3.05) is 0 Å². The summed E-state index contributed by atoms with van der Waals surface area (Å²) in [6, 6.07) is 10.0. The summed E-state index contributed by atoms with van der Waals surface area (Å²) in [5, 5.41) is 9.18. The van der Waals surface area contributed by atoms with Crippen molar-refractivity contribution < 1.29 is 0 Å². The second-order valence-corrected chi connectivity index (χ2v) is 4.35. The van der Waals surface area contributed by atoms with E-state index >= 15 is 0 Å². The normalized spacial score (nSPS) is 10.0. The number of aryl methyl sites for hydroxylation is 2. The number of rotatable bonds is 1. The molecule has 0 fully saturated rings. The first-order valence-electron chi connectivity index (χ1n) is 5.25. The Hall–Kier alpha value is -1.85. The Morgan fingerprint density at radius 1 is 1.24 bits per heavy atom. The third kappa shape index (κ3) is 2.30. The molecule has 3 heteroatoms. The van der Waals surface area contributed by atoms with E-state index in [0.29, 0.717) is 5.56 Å². The van der Waals surface area contributed by atoms with E-state index in [2.05, 4.69) is 18.0 Å². The molecular weight excluding hydrogens is 232 g/mol. The zero-order chi connectivity index (χ0) is 12.4. The first-order valence-corrected chi connectivity index (χ1v) is 5.63. The Morgan fingerprint density at radius 2 is 2.00 bits per heavy atom. The highest BCUT2D eigenvalue weighted by atomic mass is 35.5. The minimum absolute atomic E-state index is 0.251. The molecule has 0 atom stereocenters. The summed E-state index contributed by atoms with van der Waals surface area (Å²) in [7, 11) is 0. The minimum atomic E-state index is 0.251. The summed E-state index contributed by atoms with van der Waals surface area (Å²) in [5.41, 5.74) is 4.79. The van der Waals surface area contributed by atoms with E-state index in [0.717, 1.165) is 16.7 Å². The van der Waals surface area contributed by atoms with E-state index in [-0.39, 0.29) is 5.15 Å². The SMILES string of the molecule is Cc1ccc(-c2cnc(Cl)c(C#N)c2)c(C)c1. The Labute approximate surface area is 105 Å². The van der Waals surface area contributed by atoms with Crippen molar-refractivity contribution in [3.63, 3.8) is 0 Å². The lowest BCUT2D eigenvalue weighted by Crippen LogP contribution is -1.89. The average Bonchev–Trinajstić information content (AvgIpc) is 2.30. The van der Waals surface area contributed by atoms with Crippen LogP contribution in [0.1, 0.15) is 16.7 Å². The van der Waals surface area contributed by atoms with Crippen molar-refractivity contribution >= 4 is 11.6 Å². The minimum Gasteiger partial charge on any atom is -0.243 e. The highest BCUT2D eigenvalue weighted by Crippen LogP contribution is 2.26. The predicted molar refractivity (Wildman–Crippen MR) is 68.9 cm³/mol. The van der Waals surface area contributed by atoms with Gasteiger partial charge in [-0.3, -0.25) is 0 Å². The van der Waals surface area contributed by atoms with Gasteiger partial charge in [0.15, 0.2) is 0 Å². The third-order valence-corrected chi connectivity index (χ3v) is 2.95. The molecule has 0 aliphatic heterocycles. The first-order chi connectivity index (χ1) is 8.11. The number of aromatic nitrogens is 1. The quantitative estimate of drug-likeness (QED) is 0.712. The van der Waals surface area contributed by atoms with E-state index in [1.54, 1.807) is 12.3 Å². The molecule has 0 spiro atoms. The predicted octanol–water partition coefficient (Wildman–Crippen LogP) is 3.89. The van der Waals surface area contributed by atoms with Crippen LogP contribution >= 0.6 is 11.6 Å². The van der Waals surface area contributed by atoms with Crippen molar-refractivity contribution in [1.29, 1.82) is 5.26 Å². The van der Waals surface area contributed by atoms with E-state index in [1.165, 1.54) is 5.56 Å². The molecule has 0 N–H and O–H groups in total. The van der Waals surface area contributed by atoms with Crippen LogP contribution in [-0.2, 0) is 0 Å². The van der Waals surface area contributed by atoms with E-state index in [1.807, 2.05) is 25.1 Å². The summed E-state index contributed by atoms with van der Waals surface area (Å²) >= 11 is 5.82. The largest absolute Gasteiger partial charge is 0.243 e. The summed E-state index contributed by atoms with van der Waals surface area (Å²) in [6.07, 6.45) is 1.70. The molecule has 2 aromatic rings. The lowest BCUT2D eigenvalue weighted by atomic mass is 9.99. The van der Waals surface area contributed by atoms with E-state index in [4.69, 9.17) is 16.9 Å². The maximum Gasteiger partial charge on any atom is 0.146 e. The Kier molecular flexibility index (Phi) is 3.12. The second kappa shape index (κ2) is 4.57. The third-order valence-electron chi connectivity index (χ3n) is 2.65. The van der Waals surface area contributed by atoms with Gasteiger partial charge >= 0.3 is 0 Å². The highest BCUT2D eigenvalue weighted by Gasteiger charge is 2.06. The van der Waals surface area contributed by atoms with E-state index in [9.17, 15) is 0 Å². The van der Waals surface area contributed by atoms with Gasteiger partial charge in [-0.15, -0.1) is 0 Å². The van der Waals surface area contributed by atoms with Gasteiger partial charge in [0.25, 0.3) is 0 Å². The molecule has 17 heavy (non-hydrogen) atoms. The molecule has 0 saturated carbocycles. The fourth-order valence-corrected chi connectivity index (χ4v) is 1.96. The van der Waals surface area contributed by atoms with Gasteiger partial charge in [-0.05, 0) is 31.0 Å². The van der Waals surface area contributed by atoms with Gasteiger partial charge in [0.1, 0.15) is 11.2 Å². The molecule has 1 aromatic heterocycles. The molecule has 0 bridgehead atoms. The van der Waals surface area contributed by atoms with Crippen LogP contribution in [0.4, 0.5) is 0 Å². The number of hydrogen-bond acceptors (Lipinski definition) is 2. The van der Waals surface area contributed by atoms with Crippen LogP contribution in [-0.4, -0.2) is 4.98 Å². The van der Waals surface area contributed by atoms with Crippen molar-refractivity contribution in [2.24, 2.45) is 0 Å². The Balaban J connectivity index is 2.58. The number of pyridine rings is 1. The summed E-state index contributed by atoms with van der Waals surface area (Å²) < 4.78 is 0. The van der Waals surface area contributed by atoms with Gasteiger partial charge in [0.05, 0.1) is 5.56 Å². The van der Waals surface area contributed by atoms with Crippen molar-refractivity contribution in [2.45, 2.75) is 13.8 Å². The molecule has 1 heterocycles. The van der Waals surface area contributed by atoms with Gasteiger partial charge in [-0.2, -0.15) is 5.26 Å². The number of hydrogen-bond donors (Lipinski definition) is 0. The number of nitriles is 1. The van der Waals surface area contributed by atoms with Crippen LogP contribution in [0.15, 0.2) is 30.5 Å². The molecule has 0 aliphatic rings. The first kappa shape index (κ1) is 11.6. The molecule has 0 aliphatic carbocycles. The topological polar surface area (TPSA) is 36.7 Å². The number of halogens is 1. The fraction of sp³-hybridized carbons (Fsp3) is 0.143. The maximum absolute atomic E-state index is 8.93. The molecule has 2 nitrogen and oxygen atoms in total. The zero-order valence-electron chi connectivity index (χ0n) is 9.66. The Morgan fingerprint density at radius 3 is 2.65 bits per heavy atom. The van der Waals surface area contributed by atoms with Crippen molar-refractivity contribution in [1.82, 2.24) is 4.98 Å². The van der Waals surface area contributed by atoms with Crippen LogP contribution in [0.5, 0.6) is 0 Å². The molecule has 1 aromatic carbocycles. The van der Waals surface area contributed by atoms with Crippen LogP contribution in [0.2, 0.25) is 5.15 Å². The molecule has 0 saturated heterocycles.